The normalized spacial score (nSPS) is 18.4. The number of nitrogens with zero attached hydrogens (tertiary/aromatic N) is 1. The summed E-state index contributed by atoms with van der Waals surface area (Å²) in [4.78, 5) is 25.2. The van der Waals surface area contributed by atoms with Crippen molar-refractivity contribution in [3.63, 3.8) is 0 Å². The van der Waals surface area contributed by atoms with Gasteiger partial charge in [0.2, 0.25) is 0 Å². The molecule has 1 heterocycles. The molecule has 0 bridgehead atoms. The number of carboxylic acid groups (broad SMARTS) is 1. The third-order valence-electron chi connectivity index (χ3n) is 4.15. The number of carboxylic acids is 1. The maximum atomic E-state index is 12.6. The van der Waals surface area contributed by atoms with Gasteiger partial charge >= 0.3 is 5.97 Å². The van der Waals surface area contributed by atoms with Crippen molar-refractivity contribution in [3.05, 3.63) is 42.0 Å². The Morgan fingerprint density at radius 2 is 1.82 bits per heavy atom. The molecule has 0 aliphatic carbocycles. The van der Waals surface area contributed by atoms with Gasteiger partial charge in [0.25, 0.3) is 5.91 Å². The Morgan fingerprint density at radius 1 is 1.14 bits per heavy atom. The molecule has 0 spiro atoms. The number of hydrogen-bond acceptors (Lipinski definition) is 3. The largest absolute Gasteiger partial charge is 0.507 e. The molecule has 5 nitrogen and oxygen atoms in total. The summed E-state index contributed by atoms with van der Waals surface area (Å²) in [5, 5.41) is 21.0. The Hall–Kier alpha value is -2.56. The summed E-state index contributed by atoms with van der Waals surface area (Å²) >= 11 is 0. The monoisotopic (exact) mass is 299 g/mol. The highest BCUT2D eigenvalue weighted by Gasteiger charge is 2.29. The number of likely N-dealkylation sites (tertiary alicyclic amines) is 1. The van der Waals surface area contributed by atoms with E-state index in [2.05, 4.69) is 0 Å². The van der Waals surface area contributed by atoms with Crippen LogP contribution in [0.4, 0.5) is 0 Å². The van der Waals surface area contributed by atoms with Crippen LogP contribution in [0.5, 0.6) is 5.75 Å². The molecule has 2 aromatic carbocycles. The Bertz CT molecular complexity index is 741. The number of hydrogen-bond donors (Lipinski definition) is 2. The first-order chi connectivity index (χ1) is 10.6. The number of carbonyl (C=O) groups excluding carboxylic acids is 1. The van der Waals surface area contributed by atoms with E-state index in [1.807, 2.05) is 24.3 Å². The molecule has 0 radical (unpaired) electrons. The Balaban J connectivity index is 1.91. The van der Waals surface area contributed by atoms with E-state index in [1.165, 1.54) is 4.90 Å². The number of rotatable bonds is 2. The number of phenolic OH excluding ortho intramolecular Hbond substituents is 1. The van der Waals surface area contributed by atoms with Crippen LogP contribution in [0.3, 0.4) is 0 Å². The minimum absolute atomic E-state index is 0.0684. The number of phenols is 1. The average Bonchev–Trinajstić information content (AvgIpc) is 2.53. The maximum absolute atomic E-state index is 12.6. The van der Waals surface area contributed by atoms with Crippen LogP contribution in [0.15, 0.2) is 36.4 Å². The predicted octanol–water partition coefficient (Wildman–Crippen LogP) is 2.48. The van der Waals surface area contributed by atoms with E-state index in [4.69, 9.17) is 5.11 Å². The van der Waals surface area contributed by atoms with Gasteiger partial charge in [0, 0.05) is 13.1 Å². The number of amides is 1. The third-order valence-corrected chi connectivity index (χ3v) is 4.15. The molecule has 5 heteroatoms. The molecule has 1 fully saturated rings. The molecule has 1 saturated heterocycles. The SMILES string of the molecule is O=C(O)C1CCCN(C(=O)c2cc3ccccc3cc2O)C1. The van der Waals surface area contributed by atoms with E-state index in [9.17, 15) is 14.7 Å². The van der Waals surface area contributed by atoms with E-state index in [0.717, 1.165) is 10.8 Å². The van der Waals surface area contributed by atoms with Gasteiger partial charge in [-0.2, -0.15) is 0 Å². The van der Waals surface area contributed by atoms with E-state index >= 15 is 0 Å². The molecular formula is C17H17NO4. The first-order valence-electron chi connectivity index (χ1n) is 7.30. The zero-order valence-electron chi connectivity index (χ0n) is 12.0. The lowest BCUT2D eigenvalue weighted by Crippen LogP contribution is -2.42. The molecule has 2 N–H and O–H groups in total. The second-order valence-electron chi connectivity index (χ2n) is 5.65. The molecule has 1 aliphatic heterocycles. The first kappa shape index (κ1) is 14.4. The summed E-state index contributed by atoms with van der Waals surface area (Å²) in [6.07, 6.45) is 1.25. The molecular weight excluding hydrogens is 282 g/mol. The van der Waals surface area contributed by atoms with E-state index in [1.54, 1.807) is 12.1 Å². The van der Waals surface area contributed by atoms with Crippen LogP contribution in [-0.4, -0.2) is 40.1 Å². The summed E-state index contributed by atoms with van der Waals surface area (Å²) in [5.41, 5.74) is 0.227. The van der Waals surface area contributed by atoms with Crippen molar-refractivity contribution in [2.75, 3.05) is 13.1 Å². The summed E-state index contributed by atoms with van der Waals surface area (Å²) in [5.74, 6) is -1.78. The molecule has 1 amide bonds. The van der Waals surface area contributed by atoms with Gasteiger partial charge in [-0.15, -0.1) is 0 Å². The predicted molar refractivity (Wildman–Crippen MR) is 81.9 cm³/mol. The van der Waals surface area contributed by atoms with Crippen LogP contribution in [0.1, 0.15) is 23.2 Å². The number of fused-ring (bicyclic) bond motifs is 1. The molecule has 0 aromatic heterocycles. The van der Waals surface area contributed by atoms with Crippen molar-refractivity contribution in [2.24, 2.45) is 5.92 Å². The van der Waals surface area contributed by atoms with Crippen LogP contribution in [0, 0.1) is 5.92 Å². The molecule has 1 atom stereocenters. The molecule has 2 aromatic rings. The van der Waals surface area contributed by atoms with Crippen LogP contribution in [0.2, 0.25) is 0 Å². The Labute approximate surface area is 127 Å². The number of aliphatic carboxylic acids is 1. The van der Waals surface area contributed by atoms with Gasteiger partial charge in [-0.3, -0.25) is 9.59 Å². The fourth-order valence-electron chi connectivity index (χ4n) is 2.93. The molecule has 3 rings (SSSR count). The van der Waals surface area contributed by atoms with Crippen LogP contribution < -0.4 is 0 Å². The van der Waals surface area contributed by atoms with E-state index < -0.39 is 11.9 Å². The summed E-state index contributed by atoms with van der Waals surface area (Å²) in [6, 6.07) is 10.7. The van der Waals surface area contributed by atoms with Crippen LogP contribution in [-0.2, 0) is 4.79 Å². The first-order valence-corrected chi connectivity index (χ1v) is 7.30. The summed E-state index contributed by atoms with van der Waals surface area (Å²) in [7, 11) is 0. The molecule has 0 saturated carbocycles. The number of piperidine rings is 1. The maximum Gasteiger partial charge on any atom is 0.308 e. The highest BCUT2D eigenvalue weighted by atomic mass is 16.4. The van der Waals surface area contributed by atoms with Crippen molar-refractivity contribution in [3.8, 4) is 5.75 Å². The second-order valence-corrected chi connectivity index (χ2v) is 5.65. The second kappa shape index (κ2) is 5.67. The minimum Gasteiger partial charge on any atom is -0.507 e. The van der Waals surface area contributed by atoms with Gasteiger partial charge in [0.1, 0.15) is 5.75 Å². The smallest absolute Gasteiger partial charge is 0.308 e. The highest BCUT2D eigenvalue weighted by Crippen LogP contribution is 2.27. The number of benzene rings is 2. The van der Waals surface area contributed by atoms with E-state index in [0.29, 0.717) is 19.4 Å². The quantitative estimate of drug-likeness (QED) is 0.893. The molecule has 1 aliphatic rings. The number of carbonyl (C=O) groups is 2. The number of aromatic hydroxyl groups is 1. The van der Waals surface area contributed by atoms with Gasteiger partial charge in [-0.25, -0.2) is 0 Å². The highest BCUT2D eigenvalue weighted by molar-refractivity contribution is 6.01. The lowest BCUT2D eigenvalue weighted by molar-refractivity contribution is -0.143. The Kier molecular flexibility index (Phi) is 3.71. The topological polar surface area (TPSA) is 77.8 Å². The van der Waals surface area contributed by atoms with E-state index in [-0.39, 0.29) is 23.8 Å². The van der Waals surface area contributed by atoms with Gasteiger partial charge in [0.05, 0.1) is 11.5 Å². The Morgan fingerprint density at radius 3 is 2.50 bits per heavy atom. The average molecular weight is 299 g/mol. The van der Waals surface area contributed by atoms with Crippen molar-refractivity contribution in [1.82, 2.24) is 4.90 Å². The molecule has 22 heavy (non-hydrogen) atoms. The molecule has 114 valence electrons. The summed E-state index contributed by atoms with van der Waals surface area (Å²) in [6.45, 7) is 0.718. The van der Waals surface area contributed by atoms with Gasteiger partial charge in [-0.1, -0.05) is 24.3 Å². The van der Waals surface area contributed by atoms with Crippen molar-refractivity contribution < 1.29 is 19.8 Å². The van der Waals surface area contributed by atoms with Crippen molar-refractivity contribution in [2.45, 2.75) is 12.8 Å². The van der Waals surface area contributed by atoms with Crippen LogP contribution in [0.25, 0.3) is 10.8 Å². The van der Waals surface area contributed by atoms with Gasteiger partial charge in [-0.05, 0) is 35.7 Å². The summed E-state index contributed by atoms with van der Waals surface area (Å²) < 4.78 is 0. The van der Waals surface area contributed by atoms with Gasteiger partial charge in [0.15, 0.2) is 0 Å². The zero-order chi connectivity index (χ0) is 15.7. The minimum atomic E-state index is -0.875. The lowest BCUT2D eigenvalue weighted by Gasteiger charge is -2.31. The van der Waals surface area contributed by atoms with Crippen molar-refractivity contribution >= 4 is 22.6 Å². The zero-order valence-corrected chi connectivity index (χ0v) is 12.0. The lowest BCUT2D eigenvalue weighted by atomic mass is 9.97. The fourth-order valence-corrected chi connectivity index (χ4v) is 2.93. The standard InChI is InChI=1S/C17H17NO4/c19-15-9-12-5-2-1-4-11(12)8-14(15)16(20)18-7-3-6-13(10-18)17(21)22/h1-2,4-5,8-9,13,19H,3,6-7,10H2,(H,21,22). The van der Waals surface area contributed by atoms with Gasteiger partial charge < -0.3 is 15.1 Å². The van der Waals surface area contributed by atoms with Crippen molar-refractivity contribution in [1.29, 1.82) is 0 Å². The fraction of sp³-hybridized carbons (Fsp3) is 0.294. The molecule has 1 unspecified atom stereocenters. The third kappa shape index (κ3) is 2.62. The van der Waals surface area contributed by atoms with Crippen LogP contribution >= 0.6 is 0 Å².